The maximum absolute atomic E-state index is 13.4. The van der Waals surface area contributed by atoms with Crippen molar-refractivity contribution in [1.82, 2.24) is 4.90 Å². The van der Waals surface area contributed by atoms with Crippen molar-refractivity contribution >= 4 is 0 Å². The van der Waals surface area contributed by atoms with E-state index in [1.165, 1.54) is 6.07 Å². The number of hydrogen-bond acceptors (Lipinski definition) is 2. The summed E-state index contributed by atoms with van der Waals surface area (Å²) in [6.45, 7) is 1.87. The van der Waals surface area contributed by atoms with Gasteiger partial charge >= 0.3 is 6.18 Å². The Kier molecular flexibility index (Phi) is 5.22. The van der Waals surface area contributed by atoms with Gasteiger partial charge in [-0.25, -0.2) is 4.39 Å². The van der Waals surface area contributed by atoms with Crippen molar-refractivity contribution in [3.63, 3.8) is 0 Å². The minimum atomic E-state index is -4.68. The van der Waals surface area contributed by atoms with E-state index in [0.717, 1.165) is 50.9 Å². The van der Waals surface area contributed by atoms with Gasteiger partial charge < -0.3 is 5.73 Å². The monoisotopic (exact) mass is 304 g/mol. The van der Waals surface area contributed by atoms with E-state index in [1.54, 1.807) is 0 Å². The fourth-order valence-electron chi connectivity index (χ4n) is 2.87. The molecule has 2 N–H and O–H groups in total. The second-order valence-electron chi connectivity index (χ2n) is 5.44. The Labute approximate surface area is 121 Å². The summed E-state index contributed by atoms with van der Waals surface area (Å²) in [6, 6.07) is 2.91. The SMILES string of the molecule is NCC(c1ccc(F)c(C(F)(F)F)c1)N1CCCCCC1. The van der Waals surface area contributed by atoms with Crippen LogP contribution >= 0.6 is 0 Å². The summed E-state index contributed by atoms with van der Waals surface area (Å²) < 4.78 is 51.8. The van der Waals surface area contributed by atoms with Crippen molar-refractivity contribution in [3.05, 3.63) is 35.1 Å². The van der Waals surface area contributed by atoms with Gasteiger partial charge in [-0.15, -0.1) is 0 Å². The number of benzene rings is 1. The lowest BCUT2D eigenvalue weighted by molar-refractivity contribution is -0.140. The highest BCUT2D eigenvalue weighted by Gasteiger charge is 2.35. The first-order valence-corrected chi connectivity index (χ1v) is 7.24. The molecule has 1 aliphatic rings. The summed E-state index contributed by atoms with van der Waals surface area (Å²) in [4.78, 5) is 2.11. The van der Waals surface area contributed by atoms with E-state index in [-0.39, 0.29) is 12.6 Å². The normalized spacial score (nSPS) is 19.3. The third-order valence-corrected chi connectivity index (χ3v) is 3.99. The van der Waals surface area contributed by atoms with Gasteiger partial charge in [-0.1, -0.05) is 18.9 Å². The van der Waals surface area contributed by atoms with Gasteiger partial charge in [0, 0.05) is 12.6 Å². The summed E-state index contributed by atoms with van der Waals surface area (Å²) >= 11 is 0. The number of likely N-dealkylation sites (tertiary alicyclic amines) is 1. The van der Waals surface area contributed by atoms with Crippen LogP contribution in [-0.4, -0.2) is 24.5 Å². The highest BCUT2D eigenvalue weighted by molar-refractivity contribution is 5.29. The van der Waals surface area contributed by atoms with Crippen LogP contribution in [0.2, 0.25) is 0 Å². The van der Waals surface area contributed by atoms with E-state index < -0.39 is 17.6 Å². The summed E-state index contributed by atoms with van der Waals surface area (Å²) in [7, 11) is 0. The second-order valence-corrected chi connectivity index (χ2v) is 5.44. The minimum absolute atomic E-state index is 0.225. The predicted molar refractivity (Wildman–Crippen MR) is 73.2 cm³/mol. The Bertz CT molecular complexity index is 465. The molecule has 1 atom stereocenters. The molecule has 1 saturated heterocycles. The van der Waals surface area contributed by atoms with Crippen molar-refractivity contribution in [1.29, 1.82) is 0 Å². The maximum atomic E-state index is 13.4. The zero-order valence-corrected chi connectivity index (χ0v) is 11.8. The molecule has 0 amide bonds. The lowest BCUT2D eigenvalue weighted by Gasteiger charge is -2.30. The lowest BCUT2D eigenvalue weighted by Crippen LogP contribution is -2.34. The van der Waals surface area contributed by atoms with Crippen LogP contribution < -0.4 is 5.73 Å². The van der Waals surface area contributed by atoms with Gasteiger partial charge in [0.2, 0.25) is 0 Å². The molecule has 0 radical (unpaired) electrons. The van der Waals surface area contributed by atoms with Crippen LogP contribution in [0.25, 0.3) is 0 Å². The van der Waals surface area contributed by atoms with Crippen LogP contribution in [0, 0.1) is 5.82 Å². The first kappa shape index (κ1) is 16.2. The average Bonchev–Trinajstić information content (AvgIpc) is 2.69. The molecule has 2 rings (SSSR count). The number of halogens is 4. The van der Waals surface area contributed by atoms with Gasteiger partial charge in [-0.05, 0) is 43.6 Å². The highest BCUT2D eigenvalue weighted by atomic mass is 19.4. The third kappa shape index (κ3) is 3.95. The van der Waals surface area contributed by atoms with Crippen LogP contribution in [0.15, 0.2) is 18.2 Å². The summed E-state index contributed by atoms with van der Waals surface area (Å²) in [5.41, 5.74) is 4.99. The van der Waals surface area contributed by atoms with Gasteiger partial charge in [0.25, 0.3) is 0 Å². The van der Waals surface area contributed by atoms with Gasteiger partial charge in [0.05, 0.1) is 5.56 Å². The number of nitrogens with two attached hydrogens (primary N) is 1. The molecular weight excluding hydrogens is 284 g/mol. The molecule has 6 heteroatoms. The highest BCUT2D eigenvalue weighted by Crippen LogP contribution is 2.34. The zero-order valence-electron chi connectivity index (χ0n) is 11.8. The molecule has 1 heterocycles. The van der Waals surface area contributed by atoms with Crippen molar-refractivity contribution < 1.29 is 17.6 Å². The maximum Gasteiger partial charge on any atom is 0.419 e. The molecule has 118 valence electrons. The van der Waals surface area contributed by atoms with E-state index in [0.29, 0.717) is 5.56 Å². The van der Waals surface area contributed by atoms with Crippen LogP contribution in [0.1, 0.15) is 42.9 Å². The molecule has 1 unspecified atom stereocenters. The Morgan fingerprint density at radius 3 is 2.24 bits per heavy atom. The number of nitrogens with zero attached hydrogens (tertiary/aromatic N) is 1. The lowest BCUT2D eigenvalue weighted by atomic mass is 10.0. The number of hydrogen-bond donors (Lipinski definition) is 1. The van der Waals surface area contributed by atoms with E-state index in [2.05, 4.69) is 4.90 Å². The average molecular weight is 304 g/mol. The van der Waals surface area contributed by atoms with Crippen molar-refractivity contribution in [3.8, 4) is 0 Å². The second kappa shape index (κ2) is 6.75. The summed E-state index contributed by atoms with van der Waals surface area (Å²) in [5, 5.41) is 0. The Balaban J connectivity index is 2.29. The van der Waals surface area contributed by atoms with Crippen molar-refractivity contribution in [2.45, 2.75) is 37.9 Å². The fourth-order valence-corrected chi connectivity index (χ4v) is 2.87. The van der Waals surface area contributed by atoms with Crippen molar-refractivity contribution in [2.24, 2.45) is 5.73 Å². The molecule has 1 fully saturated rings. The summed E-state index contributed by atoms with van der Waals surface area (Å²) in [6.07, 6.45) is -0.387. The molecule has 0 spiro atoms. The smallest absolute Gasteiger partial charge is 0.329 e. The first-order valence-electron chi connectivity index (χ1n) is 7.24. The molecule has 21 heavy (non-hydrogen) atoms. The van der Waals surface area contributed by atoms with Crippen LogP contribution in [0.4, 0.5) is 17.6 Å². The van der Waals surface area contributed by atoms with E-state index in [9.17, 15) is 17.6 Å². The molecular formula is C15H20F4N2. The molecule has 1 aromatic rings. The topological polar surface area (TPSA) is 29.3 Å². The van der Waals surface area contributed by atoms with Gasteiger partial charge in [0.1, 0.15) is 5.82 Å². The molecule has 0 aliphatic carbocycles. The molecule has 1 aliphatic heterocycles. The Morgan fingerprint density at radius 2 is 1.71 bits per heavy atom. The van der Waals surface area contributed by atoms with E-state index >= 15 is 0 Å². The van der Waals surface area contributed by atoms with E-state index in [4.69, 9.17) is 5.73 Å². The predicted octanol–water partition coefficient (Wildman–Crippen LogP) is 3.72. The molecule has 2 nitrogen and oxygen atoms in total. The Hall–Kier alpha value is -1.14. The molecule has 1 aromatic carbocycles. The fraction of sp³-hybridized carbons (Fsp3) is 0.600. The van der Waals surface area contributed by atoms with Gasteiger partial charge in [-0.2, -0.15) is 13.2 Å². The van der Waals surface area contributed by atoms with Crippen LogP contribution in [-0.2, 0) is 6.18 Å². The van der Waals surface area contributed by atoms with Crippen LogP contribution in [0.5, 0.6) is 0 Å². The zero-order chi connectivity index (χ0) is 15.5. The summed E-state index contributed by atoms with van der Waals surface area (Å²) in [5.74, 6) is -1.24. The molecule has 0 saturated carbocycles. The van der Waals surface area contributed by atoms with Gasteiger partial charge in [0.15, 0.2) is 0 Å². The van der Waals surface area contributed by atoms with Gasteiger partial charge in [-0.3, -0.25) is 4.90 Å². The number of alkyl halides is 3. The van der Waals surface area contributed by atoms with Crippen LogP contribution in [0.3, 0.4) is 0 Å². The Morgan fingerprint density at radius 1 is 1.10 bits per heavy atom. The van der Waals surface area contributed by atoms with E-state index in [1.807, 2.05) is 0 Å². The first-order chi connectivity index (χ1) is 9.93. The molecule has 0 aromatic heterocycles. The largest absolute Gasteiger partial charge is 0.419 e. The minimum Gasteiger partial charge on any atom is -0.329 e. The van der Waals surface area contributed by atoms with Crippen molar-refractivity contribution in [2.75, 3.05) is 19.6 Å². The molecule has 0 bridgehead atoms. The quantitative estimate of drug-likeness (QED) is 0.862. The third-order valence-electron chi connectivity index (χ3n) is 3.99. The standard InChI is InChI=1S/C15H20F4N2/c16-13-6-5-11(9-12(13)15(17,18)19)14(10-20)21-7-3-1-2-4-8-21/h5-6,9,14H,1-4,7-8,10,20H2. The number of rotatable bonds is 3.